The highest BCUT2D eigenvalue weighted by Gasteiger charge is 2.31. The Morgan fingerprint density at radius 2 is 2.13 bits per heavy atom. The van der Waals surface area contributed by atoms with Crippen molar-refractivity contribution in [2.45, 2.75) is 12.7 Å². The van der Waals surface area contributed by atoms with E-state index in [4.69, 9.17) is 11.6 Å². The summed E-state index contributed by atoms with van der Waals surface area (Å²) in [5.41, 5.74) is -1.44. The third kappa shape index (κ3) is 4.12. The maximum Gasteiger partial charge on any atom is 0.490 e. The normalized spacial score (nSPS) is 11.3. The smallest absolute Gasteiger partial charge is 0.390 e. The van der Waals surface area contributed by atoms with E-state index in [9.17, 15) is 28.1 Å². The van der Waals surface area contributed by atoms with Crippen molar-refractivity contribution in [2.75, 3.05) is 5.32 Å². The average molecular weight is 351 g/mol. The number of nitro groups is 1. The number of pyridine rings is 1. The molecule has 0 atom stereocenters. The fourth-order valence-corrected chi connectivity index (χ4v) is 1.62. The van der Waals surface area contributed by atoms with E-state index in [1.165, 1.54) is 0 Å². The first-order valence-electron chi connectivity index (χ1n) is 5.73. The highest BCUT2D eigenvalue weighted by atomic mass is 35.5. The second-order valence-corrected chi connectivity index (χ2v) is 4.47. The number of alkyl halides is 3. The lowest BCUT2D eigenvalue weighted by atomic mass is 10.2. The van der Waals surface area contributed by atoms with Crippen molar-refractivity contribution in [3.05, 3.63) is 39.4 Å². The van der Waals surface area contributed by atoms with Gasteiger partial charge in [0.15, 0.2) is 5.15 Å². The van der Waals surface area contributed by atoms with Gasteiger partial charge in [-0.2, -0.15) is 17.9 Å². The number of hydrogen-bond donors (Lipinski definition) is 1. The maximum atomic E-state index is 12.6. The standard InChI is InChI=1S/C10H6ClF3N6O3/c11-8-6(1-5(2-15-8)10(12,13)14)17-7(21)3-19-4-16-9(18-19)20(22)23/h1-2,4H,3H2,(H,17,21). The molecule has 0 unspecified atom stereocenters. The number of carbonyl (C=O) groups is 1. The predicted octanol–water partition coefficient (Wildman–Crippen LogP) is 1.89. The molecule has 0 aliphatic rings. The molecule has 0 radical (unpaired) electrons. The first kappa shape index (κ1) is 16.6. The van der Waals surface area contributed by atoms with Gasteiger partial charge in [0, 0.05) is 11.3 Å². The number of carbonyl (C=O) groups excluding carboxylic acids is 1. The van der Waals surface area contributed by atoms with E-state index in [0.717, 1.165) is 11.0 Å². The number of aromatic nitrogens is 4. The van der Waals surface area contributed by atoms with Crippen molar-refractivity contribution < 1.29 is 22.9 Å². The van der Waals surface area contributed by atoms with Crippen LogP contribution >= 0.6 is 11.6 Å². The number of hydrogen-bond acceptors (Lipinski definition) is 6. The number of anilines is 1. The third-order valence-corrected chi connectivity index (χ3v) is 2.73. The summed E-state index contributed by atoms with van der Waals surface area (Å²) < 4.78 is 38.6. The molecule has 0 aliphatic heterocycles. The van der Waals surface area contributed by atoms with Crippen LogP contribution in [0.3, 0.4) is 0 Å². The molecule has 0 bridgehead atoms. The Labute approximate surface area is 130 Å². The van der Waals surface area contributed by atoms with E-state index >= 15 is 0 Å². The number of nitrogens with zero attached hydrogens (tertiary/aromatic N) is 5. The van der Waals surface area contributed by atoms with Crippen molar-refractivity contribution >= 4 is 29.1 Å². The van der Waals surface area contributed by atoms with Crippen LogP contribution in [-0.2, 0) is 17.5 Å². The van der Waals surface area contributed by atoms with Crippen molar-refractivity contribution in [3.63, 3.8) is 0 Å². The molecule has 0 fully saturated rings. The Balaban J connectivity index is 2.11. The summed E-state index contributed by atoms with van der Waals surface area (Å²) in [6, 6.07) is 0.622. The van der Waals surface area contributed by atoms with Gasteiger partial charge in [-0.15, -0.1) is 0 Å². The number of halogens is 4. The summed E-state index contributed by atoms with van der Waals surface area (Å²) in [5.74, 6) is -1.52. The van der Waals surface area contributed by atoms with Gasteiger partial charge in [0.25, 0.3) is 0 Å². The van der Waals surface area contributed by atoms with Gasteiger partial charge in [-0.3, -0.25) is 4.79 Å². The van der Waals surface area contributed by atoms with Gasteiger partial charge in [0.1, 0.15) is 6.54 Å². The zero-order chi connectivity index (χ0) is 17.2. The van der Waals surface area contributed by atoms with E-state index in [2.05, 4.69) is 20.4 Å². The van der Waals surface area contributed by atoms with Crippen LogP contribution in [0.5, 0.6) is 0 Å². The zero-order valence-corrected chi connectivity index (χ0v) is 11.7. The van der Waals surface area contributed by atoms with Gasteiger partial charge in [0.2, 0.25) is 12.2 Å². The van der Waals surface area contributed by atoms with E-state index in [1.807, 2.05) is 0 Å². The fourth-order valence-electron chi connectivity index (χ4n) is 1.47. The molecule has 2 rings (SSSR count). The van der Waals surface area contributed by atoms with Gasteiger partial charge >= 0.3 is 12.1 Å². The maximum absolute atomic E-state index is 12.6. The summed E-state index contributed by atoms with van der Waals surface area (Å²) in [7, 11) is 0. The molecule has 122 valence electrons. The quantitative estimate of drug-likeness (QED) is 0.511. The lowest BCUT2D eigenvalue weighted by molar-refractivity contribution is -0.394. The van der Waals surface area contributed by atoms with Crippen molar-refractivity contribution in [3.8, 4) is 0 Å². The van der Waals surface area contributed by atoms with E-state index < -0.39 is 35.1 Å². The highest BCUT2D eigenvalue weighted by Crippen LogP contribution is 2.32. The second-order valence-electron chi connectivity index (χ2n) is 4.11. The van der Waals surface area contributed by atoms with Crippen molar-refractivity contribution in [2.24, 2.45) is 0 Å². The summed E-state index contributed by atoms with van der Waals surface area (Å²) in [6.45, 7) is -0.507. The third-order valence-electron chi connectivity index (χ3n) is 2.43. The molecular formula is C10H6ClF3N6O3. The van der Waals surface area contributed by atoms with Crippen LogP contribution in [0.1, 0.15) is 5.56 Å². The molecule has 1 N–H and O–H groups in total. The summed E-state index contributed by atoms with van der Waals surface area (Å²) in [6.07, 6.45) is -3.19. The largest absolute Gasteiger partial charge is 0.490 e. The molecule has 0 spiro atoms. The molecule has 0 aliphatic carbocycles. The van der Waals surface area contributed by atoms with Gasteiger partial charge in [0.05, 0.1) is 11.3 Å². The van der Waals surface area contributed by atoms with E-state index in [0.29, 0.717) is 12.3 Å². The highest BCUT2D eigenvalue weighted by molar-refractivity contribution is 6.32. The predicted molar refractivity (Wildman–Crippen MR) is 69.6 cm³/mol. The monoisotopic (exact) mass is 350 g/mol. The Hall–Kier alpha value is -2.76. The number of amides is 1. The molecule has 9 nitrogen and oxygen atoms in total. The molecule has 2 aromatic heterocycles. The number of rotatable bonds is 4. The topological polar surface area (TPSA) is 116 Å². The lowest BCUT2D eigenvalue weighted by Gasteiger charge is -2.10. The molecule has 2 aromatic rings. The first-order chi connectivity index (χ1) is 10.7. The Bertz CT molecular complexity index is 763. The Morgan fingerprint density at radius 1 is 1.43 bits per heavy atom. The molecule has 13 heteroatoms. The van der Waals surface area contributed by atoms with Crippen molar-refractivity contribution in [1.29, 1.82) is 0 Å². The molecule has 2 heterocycles. The fraction of sp³-hybridized carbons (Fsp3) is 0.200. The summed E-state index contributed by atoms with van der Waals surface area (Å²) in [4.78, 5) is 27.9. The second kappa shape index (κ2) is 6.16. The van der Waals surface area contributed by atoms with Crippen LogP contribution in [0.25, 0.3) is 0 Å². The molecule has 0 saturated carbocycles. The molecular weight excluding hydrogens is 345 g/mol. The molecule has 0 aromatic carbocycles. The van der Waals surface area contributed by atoms with Crippen LogP contribution in [0.15, 0.2) is 18.6 Å². The van der Waals surface area contributed by atoms with Crippen molar-refractivity contribution in [1.82, 2.24) is 19.7 Å². The van der Waals surface area contributed by atoms with Gasteiger partial charge in [-0.25, -0.2) is 4.98 Å². The average Bonchev–Trinajstić information content (AvgIpc) is 2.88. The Kier molecular flexibility index (Phi) is 4.45. The minimum Gasteiger partial charge on any atom is -0.390 e. The minimum atomic E-state index is -4.65. The van der Waals surface area contributed by atoms with Crippen LogP contribution in [0.4, 0.5) is 24.8 Å². The van der Waals surface area contributed by atoms with Crippen LogP contribution in [-0.4, -0.2) is 30.6 Å². The van der Waals surface area contributed by atoms with E-state index in [1.54, 1.807) is 0 Å². The summed E-state index contributed by atoms with van der Waals surface area (Å²) >= 11 is 5.62. The van der Waals surface area contributed by atoms with Crippen LogP contribution < -0.4 is 5.32 Å². The van der Waals surface area contributed by atoms with Gasteiger partial charge in [-0.1, -0.05) is 16.6 Å². The summed E-state index contributed by atoms with van der Waals surface area (Å²) in [5, 5.41) is 15.6. The molecule has 1 amide bonds. The van der Waals surface area contributed by atoms with Gasteiger partial charge < -0.3 is 15.4 Å². The SMILES string of the molecule is O=C(Cn1cnc([N+](=O)[O-])n1)Nc1cc(C(F)(F)F)cnc1Cl. The van der Waals surface area contributed by atoms with E-state index in [-0.39, 0.29) is 10.8 Å². The molecule has 0 saturated heterocycles. The first-order valence-corrected chi connectivity index (χ1v) is 6.11. The number of nitrogens with one attached hydrogen (secondary N) is 1. The molecule has 23 heavy (non-hydrogen) atoms. The minimum absolute atomic E-state index is 0.337. The van der Waals surface area contributed by atoms with Crippen LogP contribution in [0.2, 0.25) is 5.15 Å². The van der Waals surface area contributed by atoms with Crippen LogP contribution in [0, 0.1) is 10.1 Å². The lowest BCUT2D eigenvalue weighted by Crippen LogP contribution is -2.20. The van der Waals surface area contributed by atoms with Gasteiger partial charge in [-0.05, 0) is 11.0 Å². The zero-order valence-electron chi connectivity index (χ0n) is 10.9. The Morgan fingerprint density at radius 3 is 2.70 bits per heavy atom.